The van der Waals surface area contributed by atoms with Crippen molar-refractivity contribution in [3.05, 3.63) is 95.6 Å². The second-order valence-corrected chi connectivity index (χ2v) is 9.20. The van der Waals surface area contributed by atoms with Crippen LogP contribution in [0.3, 0.4) is 0 Å². The lowest BCUT2D eigenvalue weighted by atomic mass is 9.73. The van der Waals surface area contributed by atoms with E-state index in [1.807, 2.05) is 17.0 Å². The zero-order valence-corrected chi connectivity index (χ0v) is 20.7. The SMILES string of the molecule is O=CC1C(CCC(O)c2ccc(F)cc2)C(c2ccc(OCC(=O)NCCO)cc2)N1c1ccc(F)cc1. The summed E-state index contributed by atoms with van der Waals surface area (Å²) in [5, 5.41) is 22.0. The van der Waals surface area contributed by atoms with Gasteiger partial charge in [0.2, 0.25) is 0 Å². The summed E-state index contributed by atoms with van der Waals surface area (Å²) in [5.74, 6) is -0.760. The van der Waals surface area contributed by atoms with E-state index >= 15 is 0 Å². The normalized spacial score (nSPS) is 19.4. The number of rotatable bonds is 12. The van der Waals surface area contributed by atoms with Gasteiger partial charge >= 0.3 is 0 Å². The van der Waals surface area contributed by atoms with E-state index in [4.69, 9.17) is 9.84 Å². The van der Waals surface area contributed by atoms with Gasteiger partial charge in [-0.25, -0.2) is 8.78 Å². The summed E-state index contributed by atoms with van der Waals surface area (Å²) in [6.45, 7) is -0.199. The molecule has 1 amide bonds. The molecule has 4 rings (SSSR count). The molecule has 1 aliphatic rings. The average molecular weight is 525 g/mol. The van der Waals surface area contributed by atoms with E-state index in [1.54, 1.807) is 36.4 Å². The summed E-state index contributed by atoms with van der Waals surface area (Å²) in [6, 6.07) is 18.1. The highest BCUT2D eigenvalue weighted by atomic mass is 19.1. The number of carbonyl (C=O) groups excluding carboxylic acids is 2. The summed E-state index contributed by atoms with van der Waals surface area (Å²) in [6.07, 6.45) is 0.958. The number of carbonyl (C=O) groups is 2. The Bertz CT molecular complexity index is 1210. The Labute approximate surface area is 219 Å². The monoisotopic (exact) mass is 524 g/mol. The number of hydrogen-bond donors (Lipinski definition) is 3. The van der Waals surface area contributed by atoms with Crippen molar-refractivity contribution in [1.29, 1.82) is 0 Å². The number of ether oxygens (including phenoxy) is 1. The van der Waals surface area contributed by atoms with Crippen LogP contribution >= 0.6 is 0 Å². The molecule has 38 heavy (non-hydrogen) atoms. The van der Waals surface area contributed by atoms with Crippen LogP contribution in [-0.2, 0) is 9.59 Å². The Morgan fingerprint density at radius 1 is 1.00 bits per heavy atom. The highest BCUT2D eigenvalue weighted by Crippen LogP contribution is 2.49. The van der Waals surface area contributed by atoms with Gasteiger partial charge in [0.15, 0.2) is 6.61 Å². The van der Waals surface area contributed by atoms with Gasteiger partial charge in [0.25, 0.3) is 5.91 Å². The molecule has 200 valence electrons. The van der Waals surface area contributed by atoms with E-state index in [0.717, 1.165) is 11.8 Å². The first-order valence-corrected chi connectivity index (χ1v) is 12.4. The first kappa shape index (κ1) is 27.2. The van der Waals surface area contributed by atoms with Gasteiger partial charge in [-0.05, 0) is 72.5 Å². The lowest BCUT2D eigenvalue weighted by Crippen LogP contribution is -2.59. The standard InChI is InChI=1S/C29H30F2N2O5/c30-21-5-1-19(2-6-21)27(36)14-13-25-26(17-35)33(23-9-7-22(31)8-10-23)29(25)20-3-11-24(12-4-20)38-18-28(37)32-15-16-34/h1-12,17,25-27,29,34,36H,13-16,18H2,(H,32,37). The molecule has 3 N–H and O–H groups in total. The number of aliphatic hydroxyl groups excluding tert-OH is 2. The molecular weight excluding hydrogens is 494 g/mol. The maximum Gasteiger partial charge on any atom is 0.258 e. The zero-order chi connectivity index (χ0) is 27.1. The largest absolute Gasteiger partial charge is 0.484 e. The molecule has 1 saturated heterocycles. The van der Waals surface area contributed by atoms with Crippen LogP contribution in [0.25, 0.3) is 0 Å². The van der Waals surface area contributed by atoms with Crippen LogP contribution in [0, 0.1) is 17.6 Å². The van der Waals surface area contributed by atoms with Crippen LogP contribution in [0.5, 0.6) is 5.75 Å². The molecule has 3 aromatic carbocycles. The maximum atomic E-state index is 13.6. The second-order valence-electron chi connectivity index (χ2n) is 9.20. The minimum atomic E-state index is -0.809. The maximum absolute atomic E-state index is 13.6. The molecule has 1 heterocycles. The van der Waals surface area contributed by atoms with Gasteiger partial charge in [0.1, 0.15) is 23.7 Å². The van der Waals surface area contributed by atoms with Crippen molar-refractivity contribution in [3.63, 3.8) is 0 Å². The molecule has 4 atom stereocenters. The molecule has 7 nitrogen and oxygen atoms in total. The number of nitrogens with zero attached hydrogens (tertiary/aromatic N) is 1. The van der Waals surface area contributed by atoms with Gasteiger partial charge in [-0.2, -0.15) is 0 Å². The van der Waals surface area contributed by atoms with Gasteiger partial charge in [-0.15, -0.1) is 0 Å². The topological polar surface area (TPSA) is 99.1 Å². The molecule has 0 aliphatic carbocycles. The molecule has 0 radical (unpaired) electrons. The van der Waals surface area contributed by atoms with Crippen molar-refractivity contribution in [2.24, 2.45) is 5.92 Å². The molecule has 0 saturated carbocycles. The Kier molecular flexibility index (Phi) is 9.04. The van der Waals surface area contributed by atoms with Gasteiger partial charge in [0, 0.05) is 18.2 Å². The number of anilines is 1. The lowest BCUT2D eigenvalue weighted by Gasteiger charge is -2.55. The lowest BCUT2D eigenvalue weighted by molar-refractivity contribution is -0.123. The fraction of sp³-hybridized carbons (Fsp3) is 0.310. The summed E-state index contributed by atoms with van der Waals surface area (Å²) in [5.41, 5.74) is 2.19. The summed E-state index contributed by atoms with van der Waals surface area (Å²) in [4.78, 5) is 25.8. The van der Waals surface area contributed by atoms with Crippen molar-refractivity contribution >= 4 is 17.9 Å². The number of nitrogens with one attached hydrogen (secondary N) is 1. The highest BCUT2D eigenvalue weighted by molar-refractivity contribution is 5.77. The third-order valence-corrected chi connectivity index (χ3v) is 6.78. The number of benzene rings is 3. The predicted octanol–water partition coefficient (Wildman–Crippen LogP) is 3.71. The molecule has 1 fully saturated rings. The van der Waals surface area contributed by atoms with Crippen molar-refractivity contribution in [2.75, 3.05) is 24.7 Å². The van der Waals surface area contributed by atoms with Gasteiger partial charge in [0.05, 0.1) is 24.8 Å². The molecule has 0 aromatic heterocycles. The quantitative estimate of drug-likeness (QED) is 0.313. The van der Waals surface area contributed by atoms with E-state index in [2.05, 4.69) is 5.32 Å². The minimum Gasteiger partial charge on any atom is -0.484 e. The van der Waals surface area contributed by atoms with Gasteiger partial charge in [-0.3, -0.25) is 4.79 Å². The van der Waals surface area contributed by atoms with Crippen LogP contribution < -0.4 is 15.0 Å². The molecule has 1 aliphatic heterocycles. The Balaban J connectivity index is 1.51. The van der Waals surface area contributed by atoms with E-state index in [-0.39, 0.29) is 49.3 Å². The molecule has 0 spiro atoms. The zero-order valence-electron chi connectivity index (χ0n) is 20.7. The number of halogens is 2. The van der Waals surface area contributed by atoms with Crippen LogP contribution in [0.2, 0.25) is 0 Å². The third kappa shape index (κ3) is 6.35. The number of aldehydes is 1. The van der Waals surface area contributed by atoms with Crippen molar-refractivity contribution in [3.8, 4) is 5.75 Å². The first-order chi connectivity index (χ1) is 18.4. The van der Waals surface area contributed by atoms with Crippen molar-refractivity contribution < 1.29 is 33.3 Å². The summed E-state index contributed by atoms with van der Waals surface area (Å²) in [7, 11) is 0. The van der Waals surface area contributed by atoms with E-state index in [1.165, 1.54) is 24.3 Å². The average Bonchev–Trinajstić information content (AvgIpc) is 2.92. The molecular formula is C29H30F2N2O5. The first-order valence-electron chi connectivity index (χ1n) is 12.4. The minimum absolute atomic E-state index is 0.135. The van der Waals surface area contributed by atoms with Crippen molar-refractivity contribution in [1.82, 2.24) is 5.32 Å². The predicted molar refractivity (Wildman–Crippen MR) is 138 cm³/mol. The molecule has 9 heteroatoms. The van der Waals surface area contributed by atoms with E-state index < -0.39 is 12.1 Å². The van der Waals surface area contributed by atoms with Gasteiger partial charge < -0.3 is 30.0 Å². The summed E-state index contributed by atoms with van der Waals surface area (Å²) >= 11 is 0. The van der Waals surface area contributed by atoms with Gasteiger partial charge in [-0.1, -0.05) is 24.3 Å². The van der Waals surface area contributed by atoms with E-state index in [0.29, 0.717) is 29.8 Å². The van der Waals surface area contributed by atoms with Crippen LogP contribution in [-0.4, -0.2) is 48.2 Å². The number of hydrogen-bond acceptors (Lipinski definition) is 6. The van der Waals surface area contributed by atoms with Crippen LogP contribution in [0.15, 0.2) is 72.8 Å². The molecule has 3 aromatic rings. The molecule has 4 unspecified atom stereocenters. The smallest absolute Gasteiger partial charge is 0.258 e. The van der Waals surface area contributed by atoms with Crippen LogP contribution in [0.4, 0.5) is 14.5 Å². The summed E-state index contributed by atoms with van der Waals surface area (Å²) < 4.78 is 32.4. The Morgan fingerprint density at radius 2 is 1.63 bits per heavy atom. The fourth-order valence-electron chi connectivity index (χ4n) is 4.89. The third-order valence-electron chi connectivity index (χ3n) is 6.78. The second kappa shape index (κ2) is 12.6. The number of amides is 1. The van der Waals surface area contributed by atoms with E-state index in [9.17, 15) is 23.5 Å². The van der Waals surface area contributed by atoms with Crippen molar-refractivity contribution in [2.45, 2.75) is 31.0 Å². The Hall–Kier alpha value is -3.82. The molecule has 0 bridgehead atoms. The Morgan fingerprint density at radius 3 is 2.24 bits per heavy atom. The van der Waals surface area contributed by atoms with Crippen LogP contribution in [0.1, 0.15) is 36.1 Å². The number of aliphatic hydroxyl groups is 2. The fourth-order valence-corrected chi connectivity index (χ4v) is 4.89. The highest BCUT2D eigenvalue weighted by Gasteiger charge is 2.48.